The average Bonchev–Trinajstić information content (AvgIpc) is 3.51. The number of fused-ring (bicyclic) bond motifs is 1. The number of carbonyl (C=O) groups is 1. The molecule has 3 aliphatic rings. The zero-order chi connectivity index (χ0) is 22.8. The number of nitrogens with one attached hydrogen (secondary N) is 1. The number of rotatable bonds is 6. The van der Waals surface area contributed by atoms with Gasteiger partial charge in [-0.15, -0.1) is 0 Å². The molecule has 1 aromatic heterocycles. The summed E-state index contributed by atoms with van der Waals surface area (Å²) in [6.07, 6.45) is 6.28. The molecule has 33 heavy (non-hydrogen) atoms. The van der Waals surface area contributed by atoms with Crippen LogP contribution in [-0.4, -0.2) is 79.2 Å². The van der Waals surface area contributed by atoms with Crippen molar-refractivity contribution in [3.05, 3.63) is 30.5 Å². The van der Waals surface area contributed by atoms with E-state index in [1.807, 2.05) is 15.6 Å². The van der Waals surface area contributed by atoms with E-state index in [-0.39, 0.29) is 17.3 Å². The van der Waals surface area contributed by atoms with E-state index in [4.69, 9.17) is 9.47 Å². The highest BCUT2D eigenvalue weighted by molar-refractivity contribution is 7.89. The molecule has 1 N–H and O–H groups in total. The van der Waals surface area contributed by atoms with Crippen LogP contribution in [-0.2, 0) is 14.8 Å². The highest BCUT2D eigenvalue weighted by atomic mass is 32.2. The van der Waals surface area contributed by atoms with Crippen molar-refractivity contribution in [2.75, 3.05) is 51.3 Å². The number of anilines is 1. The van der Waals surface area contributed by atoms with Gasteiger partial charge < -0.3 is 14.8 Å². The Morgan fingerprint density at radius 2 is 1.76 bits per heavy atom. The van der Waals surface area contributed by atoms with E-state index < -0.39 is 10.0 Å². The van der Waals surface area contributed by atoms with Crippen LogP contribution in [0.4, 0.5) is 5.82 Å². The molecule has 0 radical (unpaired) electrons. The summed E-state index contributed by atoms with van der Waals surface area (Å²) in [6.45, 7) is 2.69. The number of nitrogens with zero attached hydrogens (tertiary/aromatic N) is 4. The summed E-state index contributed by atoms with van der Waals surface area (Å²) >= 11 is 0. The number of carbonyl (C=O) groups excluding carboxylic acids is 1. The predicted molar refractivity (Wildman–Crippen MR) is 121 cm³/mol. The van der Waals surface area contributed by atoms with Crippen LogP contribution >= 0.6 is 0 Å². The molecule has 1 aliphatic carbocycles. The van der Waals surface area contributed by atoms with E-state index >= 15 is 0 Å². The normalized spacial score (nSPS) is 20.1. The van der Waals surface area contributed by atoms with Crippen molar-refractivity contribution in [3.63, 3.8) is 0 Å². The van der Waals surface area contributed by atoms with Gasteiger partial charge in [-0.3, -0.25) is 9.69 Å². The lowest BCUT2D eigenvalue weighted by molar-refractivity contribution is -0.117. The second-order valence-electron chi connectivity index (χ2n) is 8.63. The molecule has 2 aromatic rings. The average molecular weight is 476 g/mol. The number of amides is 1. The van der Waals surface area contributed by atoms with Gasteiger partial charge in [0.2, 0.25) is 15.9 Å². The topological polar surface area (TPSA) is 106 Å². The number of piperazine rings is 1. The second kappa shape index (κ2) is 9.32. The highest BCUT2D eigenvalue weighted by Crippen LogP contribution is 2.33. The zero-order valence-electron chi connectivity index (χ0n) is 18.5. The monoisotopic (exact) mass is 475 g/mol. The molecule has 0 bridgehead atoms. The summed E-state index contributed by atoms with van der Waals surface area (Å²) in [4.78, 5) is 14.8. The third kappa shape index (κ3) is 4.71. The lowest BCUT2D eigenvalue weighted by atomic mass is 10.2. The van der Waals surface area contributed by atoms with Gasteiger partial charge in [0.15, 0.2) is 11.5 Å². The van der Waals surface area contributed by atoms with Gasteiger partial charge in [-0.25, -0.2) is 13.1 Å². The minimum absolute atomic E-state index is 0.113. The highest BCUT2D eigenvalue weighted by Gasteiger charge is 2.30. The van der Waals surface area contributed by atoms with Gasteiger partial charge in [0, 0.05) is 38.3 Å². The quantitative estimate of drug-likeness (QED) is 0.678. The molecule has 2 fully saturated rings. The molecular formula is C22H29N5O5S. The fourth-order valence-electron chi connectivity index (χ4n) is 4.70. The third-order valence-electron chi connectivity index (χ3n) is 6.46. The first-order chi connectivity index (χ1) is 16.0. The van der Waals surface area contributed by atoms with Crippen molar-refractivity contribution >= 4 is 21.7 Å². The first kappa shape index (κ1) is 22.2. The fraction of sp³-hybridized carbons (Fsp3) is 0.545. The van der Waals surface area contributed by atoms with Gasteiger partial charge in [-0.05, 0) is 25.0 Å². The Kier molecular flexibility index (Phi) is 6.26. The summed E-state index contributed by atoms with van der Waals surface area (Å²) in [6, 6.07) is 6.89. The minimum Gasteiger partial charge on any atom is -0.486 e. The van der Waals surface area contributed by atoms with Crippen LogP contribution in [0, 0.1) is 0 Å². The number of hydrogen-bond donors (Lipinski definition) is 1. The second-order valence-corrected chi connectivity index (χ2v) is 10.6. The zero-order valence-corrected chi connectivity index (χ0v) is 19.3. The molecule has 0 unspecified atom stereocenters. The summed E-state index contributed by atoms with van der Waals surface area (Å²) in [5, 5.41) is 7.36. The van der Waals surface area contributed by atoms with E-state index in [2.05, 4.69) is 10.4 Å². The van der Waals surface area contributed by atoms with Gasteiger partial charge in [-0.1, -0.05) is 12.8 Å². The Morgan fingerprint density at radius 1 is 1.03 bits per heavy atom. The molecule has 1 amide bonds. The van der Waals surface area contributed by atoms with Gasteiger partial charge >= 0.3 is 0 Å². The minimum atomic E-state index is -3.64. The maximum absolute atomic E-state index is 13.1. The van der Waals surface area contributed by atoms with Crippen LogP contribution in [0.3, 0.4) is 0 Å². The maximum atomic E-state index is 13.1. The largest absolute Gasteiger partial charge is 0.486 e. The van der Waals surface area contributed by atoms with E-state index in [9.17, 15) is 13.2 Å². The molecule has 2 aliphatic heterocycles. The molecule has 0 atom stereocenters. The molecule has 5 rings (SSSR count). The van der Waals surface area contributed by atoms with E-state index in [0.29, 0.717) is 56.9 Å². The van der Waals surface area contributed by atoms with Gasteiger partial charge in [-0.2, -0.15) is 9.40 Å². The summed E-state index contributed by atoms with van der Waals surface area (Å²) < 4.78 is 40.6. The summed E-state index contributed by atoms with van der Waals surface area (Å²) in [5.41, 5.74) is 0. The first-order valence-electron chi connectivity index (χ1n) is 11.5. The number of sulfonamides is 1. The van der Waals surface area contributed by atoms with E-state index in [0.717, 1.165) is 18.7 Å². The van der Waals surface area contributed by atoms with Crippen molar-refractivity contribution in [3.8, 4) is 11.5 Å². The van der Waals surface area contributed by atoms with Crippen LogP contribution in [0.15, 0.2) is 35.4 Å². The molecule has 3 heterocycles. The smallest absolute Gasteiger partial charge is 0.243 e. The number of hydrogen-bond acceptors (Lipinski definition) is 7. The lowest BCUT2D eigenvalue weighted by Gasteiger charge is -2.33. The molecule has 0 spiro atoms. The van der Waals surface area contributed by atoms with Crippen LogP contribution in [0.5, 0.6) is 11.5 Å². The maximum Gasteiger partial charge on any atom is 0.243 e. The summed E-state index contributed by atoms with van der Waals surface area (Å²) in [5.74, 6) is 1.63. The Morgan fingerprint density at radius 3 is 2.52 bits per heavy atom. The predicted octanol–water partition coefficient (Wildman–Crippen LogP) is 1.71. The van der Waals surface area contributed by atoms with Gasteiger partial charge in [0.25, 0.3) is 0 Å². The van der Waals surface area contributed by atoms with Gasteiger partial charge in [0.05, 0.1) is 23.7 Å². The number of aromatic nitrogens is 2. The Balaban J connectivity index is 1.16. The standard InChI is InChI=1S/C22H29N5O5S/c28-22(24-21-7-8-23-27(21)17-3-1-2-4-17)16-25-9-11-26(12-10-25)33(29,30)18-5-6-19-20(15-18)32-14-13-31-19/h5-8,15,17H,1-4,9-14,16H2,(H,24,28). The molecule has 11 heteroatoms. The van der Waals surface area contributed by atoms with Crippen molar-refractivity contribution in [2.45, 2.75) is 36.6 Å². The van der Waals surface area contributed by atoms with Crippen LogP contribution in [0.25, 0.3) is 0 Å². The third-order valence-corrected chi connectivity index (χ3v) is 8.35. The summed E-state index contributed by atoms with van der Waals surface area (Å²) in [7, 11) is -3.64. The fourth-order valence-corrected chi connectivity index (χ4v) is 6.14. The van der Waals surface area contributed by atoms with Crippen LogP contribution in [0.1, 0.15) is 31.7 Å². The van der Waals surface area contributed by atoms with E-state index in [1.165, 1.54) is 23.2 Å². The molecule has 1 aromatic carbocycles. The number of ether oxygens (including phenoxy) is 2. The molecule has 178 valence electrons. The van der Waals surface area contributed by atoms with E-state index in [1.54, 1.807) is 18.3 Å². The van der Waals surface area contributed by atoms with Crippen molar-refractivity contribution in [1.29, 1.82) is 0 Å². The molecule has 1 saturated carbocycles. The Bertz CT molecular complexity index is 1100. The first-order valence-corrected chi connectivity index (χ1v) is 12.9. The van der Waals surface area contributed by atoms with Crippen molar-refractivity contribution < 1.29 is 22.7 Å². The van der Waals surface area contributed by atoms with Crippen molar-refractivity contribution in [1.82, 2.24) is 19.0 Å². The molecule has 10 nitrogen and oxygen atoms in total. The Labute approximate surface area is 193 Å². The molecule has 1 saturated heterocycles. The lowest BCUT2D eigenvalue weighted by Crippen LogP contribution is -2.50. The van der Waals surface area contributed by atoms with Crippen LogP contribution < -0.4 is 14.8 Å². The van der Waals surface area contributed by atoms with Crippen molar-refractivity contribution in [2.24, 2.45) is 0 Å². The van der Waals surface area contributed by atoms with Gasteiger partial charge in [0.1, 0.15) is 19.0 Å². The Hall–Kier alpha value is -2.63. The number of benzene rings is 1. The van der Waals surface area contributed by atoms with Crippen LogP contribution in [0.2, 0.25) is 0 Å². The SMILES string of the molecule is O=C(CN1CCN(S(=O)(=O)c2ccc3c(c2)OCCO3)CC1)Nc1ccnn1C1CCCC1. The molecular weight excluding hydrogens is 446 g/mol.